The average molecular weight is 269 g/mol. The van der Waals surface area contributed by atoms with E-state index in [-0.39, 0.29) is 11.0 Å². The molecule has 0 bridgehead atoms. The number of hydrogen-bond acceptors (Lipinski definition) is 3. The Bertz CT molecular complexity index is 339. The SMILES string of the molecule is CC(C)(C)CC(C)(C)NC(=O)C(=O)N1CCNCC1. The molecule has 19 heavy (non-hydrogen) atoms. The van der Waals surface area contributed by atoms with Crippen molar-refractivity contribution in [2.75, 3.05) is 26.2 Å². The van der Waals surface area contributed by atoms with Gasteiger partial charge < -0.3 is 15.5 Å². The van der Waals surface area contributed by atoms with E-state index in [4.69, 9.17) is 0 Å². The van der Waals surface area contributed by atoms with Crippen LogP contribution in [0.4, 0.5) is 0 Å². The molecule has 0 atom stereocenters. The Balaban J connectivity index is 2.55. The second kappa shape index (κ2) is 5.90. The van der Waals surface area contributed by atoms with Gasteiger partial charge >= 0.3 is 11.8 Å². The molecule has 0 aromatic rings. The molecule has 0 radical (unpaired) electrons. The molecular weight excluding hydrogens is 242 g/mol. The van der Waals surface area contributed by atoms with Gasteiger partial charge in [0.25, 0.3) is 0 Å². The normalized spacial score (nSPS) is 17.2. The molecule has 0 aromatic carbocycles. The first-order valence-corrected chi connectivity index (χ1v) is 6.93. The zero-order valence-corrected chi connectivity index (χ0v) is 12.8. The average Bonchev–Trinajstić information content (AvgIpc) is 2.25. The first-order chi connectivity index (χ1) is 8.61. The lowest BCUT2D eigenvalue weighted by Crippen LogP contribution is -2.55. The lowest BCUT2D eigenvalue weighted by molar-refractivity contribution is -0.147. The number of carbonyl (C=O) groups excluding carboxylic acids is 2. The number of amides is 2. The second-order valence-electron chi connectivity index (χ2n) is 7.12. The largest absolute Gasteiger partial charge is 0.343 e. The van der Waals surface area contributed by atoms with Crippen molar-refractivity contribution in [2.24, 2.45) is 5.41 Å². The van der Waals surface area contributed by atoms with E-state index in [1.165, 1.54) is 0 Å². The molecule has 0 aliphatic carbocycles. The molecule has 1 heterocycles. The minimum Gasteiger partial charge on any atom is -0.343 e. The molecule has 1 saturated heterocycles. The quantitative estimate of drug-likeness (QED) is 0.727. The third-order valence-electron chi connectivity index (χ3n) is 3.02. The van der Waals surface area contributed by atoms with Crippen molar-refractivity contribution in [3.05, 3.63) is 0 Å². The first-order valence-electron chi connectivity index (χ1n) is 6.93. The van der Waals surface area contributed by atoms with E-state index in [0.29, 0.717) is 13.1 Å². The minimum absolute atomic E-state index is 0.106. The van der Waals surface area contributed by atoms with Crippen molar-refractivity contribution in [1.82, 2.24) is 15.5 Å². The van der Waals surface area contributed by atoms with E-state index in [2.05, 4.69) is 31.4 Å². The van der Waals surface area contributed by atoms with E-state index >= 15 is 0 Å². The molecule has 2 amide bonds. The van der Waals surface area contributed by atoms with E-state index < -0.39 is 11.8 Å². The highest BCUT2D eigenvalue weighted by molar-refractivity contribution is 6.35. The lowest BCUT2D eigenvalue weighted by Gasteiger charge is -2.34. The van der Waals surface area contributed by atoms with Gasteiger partial charge in [-0.25, -0.2) is 0 Å². The molecule has 1 aliphatic rings. The number of carbonyl (C=O) groups is 2. The van der Waals surface area contributed by atoms with E-state index in [1.54, 1.807) is 4.90 Å². The molecule has 5 heteroatoms. The van der Waals surface area contributed by atoms with Crippen LogP contribution >= 0.6 is 0 Å². The summed E-state index contributed by atoms with van der Waals surface area (Å²) in [6.07, 6.45) is 0.820. The maximum atomic E-state index is 12.0. The zero-order valence-electron chi connectivity index (χ0n) is 12.8. The van der Waals surface area contributed by atoms with E-state index in [1.807, 2.05) is 13.8 Å². The number of nitrogens with one attached hydrogen (secondary N) is 2. The molecule has 1 rings (SSSR count). The second-order valence-corrected chi connectivity index (χ2v) is 7.12. The molecule has 5 nitrogen and oxygen atoms in total. The van der Waals surface area contributed by atoms with Crippen LogP contribution in [0.3, 0.4) is 0 Å². The summed E-state index contributed by atoms with van der Waals surface area (Å²) in [5, 5.41) is 6.02. The summed E-state index contributed by atoms with van der Waals surface area (Å²) in [6, 6.07) is 0. The summed E-state index contributed by atoms with van der Waals surface area (Å²) in [5.74, 6) is -0.903. The molecular formula is C14H27N3O2. The maximum absolute atomic E-state index is 12.0. The van der Waals surface area contributed by atoms with Gasteiger partial charge in [-0.3, -0.25) is 9.59 Å². The number of rotatable bonds is 2. The number of piperazine rings is 1. The van der Waals surface area contributed by atoms with Crippen molar-refractivity contribution >= 4 is 11.8 Å². The molecule has 1 aliphatic heterocycles. The van der Waals surface area contributed by atoms with Crippen LogP contribution in [0.2, 0.25) is 0 Å². The molecule has 0 aromatic heterocycles. The fourth-order valence-corrected chi connectivity index (χ4v) is 2.74. The predicted molar refractivity (Wildman–Crippen MR) is 75.7 cm³/mol. The molecule has 2 N–H and O–H groups in total. The molecule has 0 unspecified atom stereocenters. The summed E-state index contributed by atoms with van der Waals surface area (Å²) in [5.41, 5.74) is -0.270. The summed E-state index contributed by atoms with van der Waals surface area (Å²) in [6.45, 7) is 13.0. The van der Waals surface area contributed by atoms with Crippen LogP contribution in [-0.2, 0) is 9.59 Å². The molecule has 0 saturated carbocycles. The van der Waals surface area contributed by atoms with Gasteiger partial charge in [0, 0.05) is 31.7 Å². The van der Waals surface area contributed by atoms with Crippen LogP contribution in [0.15, 0.2) is 0 Å². The molecule has 0 spiro atoms. The van der Waals surface area contributed by atoms with Crippen LogP contribution in [0, 0.1) is 5.41 Å². The summed E-state index contributed by atoms with van der Waals surface area (Å²) in [4.78, 5) is 25.7. The van der Waals surface area contributed by atoms with Gasteiger partial charge in [0.15, 0.2) is 0 Å². The van der Waals surface area contributed by atoms with Crippen LogP contribution in [0.25, 0.3) is 0 Å². The predicted octanol–water partition coefficient (Wildman–Crippen LogP) is 0.749. The fraction of sp³-hybridized carbons (Fsp3) is 0.857. The Morgan fingerprint density at radius 3 is 2.11 bits per heavy atom. The van der Waals surface area contributed by atoms with Gasteiger partial charge in [0.2, 0.25) is 0 Å². The van der Waals surface area contributed by atoms with Gasteiger partial charge in [0.1, 0.15) is 0 Å². The van der Waals surface area contributed by atoms with E-state index in [0.717, 1.165) is 19.5 Å². The zero-order chi connectivity index (χ0) is 14.7. The van der Waals surface area contributed by atoms with Crippen molar-refractivity contribution in [3.8, 4) is 0 Å². The maximum Gasteiger partial charge on any atom is 0.311 e. The van der Waals surface area contributed by atoms with Crippen molar-refractivity contribution < 1.29 is 9.59 Å². The highest BCUT2D eigenvalue weighted by atomic mass is 16.2. The lowest BCUT2D eigenvalue weighted by atomic mass is 9.82. The van der Waals surface area contributed by atoms with Gasteiger partial charge in [0.05, 0.1) is 0 Å². The molecule has 1 fully saturated rings. The van der Waals surface area contributed by atoms with Gasteiger partial charge in [-0.15, -0.1) is 0 Å². The van der Waals surface area contributed by atoms with Crippen LogP contribution in [-0.4, -0.2) is 48.4 Å². The number of nitrogens with zero attached hydrogens (tertiary/aromatic N) is 1. The Morgan fingerprint density at radius 1 is 1.11 bits per heavy atom. The van der Waals surface area contributed by atoms with Crippen molar-refractivity contribution in [1.29, 1.82) is 0 Å². The van der Waals surface area contributed by atoms with Gasteiger partial charge in [-0.05, 0) is 25.7 Å². The number of hydrogen-bond donors (Lipinski definition) is 2. The van der Waals surface area contributed by atoms with Crippen LogP contribution in [0.5, 0.6) is 0 Å². The van der Waals surface area contributed by atoms with Crippen LogP contribution < -0.4 is 10.6 Å². The molecule has 110 valence electrons. The smallest absolute Gasteiger partial charge is 0.311 e. The first kappa shape index (κ1) is 16.0. The van der Waals surface area contributed by atoms with Crippen molar-refractivity contribution in [2.45, 2.75) is 46.6 Å². The minimum atomic E-state index is -0.490. The standard InChI is InChI=1S/C14H27N3O2/c1-13(2,3)10-14(4,5)16-11(18)12(19)17-8-6-15-7-9-17/h15H,6-10H2,1-5H3,(H,16,18). The fourth-order valence-electron chi connectivity index (χ4n) is 2.74. The van der Waals surface area contributed by atoms with Crippen molar-refractivity contribution in [3.63, 3.8) is 0 Å². The summed E-state index contributed by atoms with van der Waals surface area (Å²) in [7, 11) is 0. The van der Waals surface area contributed by atoms with Crippen LogP contribution in [0.1, 0.15) is 41.0 Å². The Labute approximate surface area is 116 Å². The third-order valence-corrected chi connectivity index (χ3v) is 3.02. The summed E-state index contributed by atoms with van der Waals surface area (Å²) >= 11 is 0. The highest BCUT2D eigenvalue weighted by Crippen LogP contribution is 2.26. The Kier molecular flexibility index (Phi) is 4.96. The Hall–Kier alpha value is -1.10. The van der Waals surface area contributed by atoms with Gasteiger partial charge in [-0.1, -0.05) is 20.8 Å². The van der Waals surface area contributed by atoms with E-state index in [9.17, 15) is 9.59 Å². The Morgan fingerprint density at radius 2 is 1.63 bits per heavy atom. The van der Waals surface area contributed by atoms with Gasteiger partial charge in [-0.2, -0.15) is 0 Å². The highest BCUT2D eigenvalue weighted by Gasteiger charge is 2.31. The topological polar surface area (TPSA) is 61.4 Å². The third kappa shape index (κ3) is 5.59. The summed E-state index contributed by atoms with van der Waals surface area (Å²) < 4.78 is 0. The monoisotopic (exact) mass is 269 g/mol.